The SMILES string of the molecule is C=CCc1cc(/C=C2\SC(=Nc3ccccc3)NC2=O)cc(OCC)c1O. The van der Waals surface area contributed by atoms with E-state index in [1.165, 1.54) is 11.8 Å². The maximum absolute atomic E-state index is 12.3. The van der Waals surface area contributed by atoms with Crippen LogP contribution in [0.5, 0.6) is 11.5 Å². The van der Waals surface area contributed by atoms with Crippen LogP contribution >= 0.6 is 11.8 Å². The van der Waals surface area contributed by atoms with E-state index >= 15 is 0 Å². The molecule has 0 atom stereocenters. The van der Waals surface area contributed by atoms with Gasteiger partial charge in [0.2, 0.25) is 0 Å². The molecule has 0 bridgehead atoms. The Bertz CT molecular complexity index is 921. The third-order valence-electron chi connectivity index (χ3n) is 3.78. The molecule has 138 valence electrons. The highest BCUT2D eigenvalue weighted by Gasteiger charge is 2.24. The van der Waals surface area contributed by atoms with Crippen molar-refractivity contribution in [3.8, 4) is 11.5 Å². The number of para-hydroxylation sites is 1. The van der Waals surface area contributed by atoms with Crippen molar-refractivity contribution in [2.24, 2.45) is 4.99 Å². The van der Waals surface area contributed by atoms with Crippen LogP contribution < -0.4 is 10.1 Å². The van der Waals surface area contributed by atoms with Crippen molar-refractivity contribution in [1.29, 1.82) is 0 Å². The van der Waals surface area contributed by atoms with Gasteiger partial charge in [0.15, 0.2) is 16.7 Å². The van der Waals surface area contributed by atoms with E-state index in [0.29, 0.717) is 34.4 Å². The lowest BCUT2D eigenvalue weighted by molar-refractivity contribution is -0.115. The maximum Gasteiger partial charge on any atom is 0.264 e. The summed E-state index contributed by atoms with van der Waals surface area (Å²) in [5, 5.41) is 13.6. The number of aromatic hydroxyl groups is 1. The van der Waals surface area contributed by atoms with Crippen LogP contribution in [0.3, 0.4) is 0 Å². The molecule has 5 nitrogen and oxygen atoms in total. The van der Waals surface area contributed by atoms with Crippen LogP contribution in [0.2, 0.25) is 0 Å². The monoisotopic (exact) mass is 380 g/mol. The second-order valence-electron chi connectivity index (χ2n) is 5.77. The molecule has 1 fully saturated rings. The quantitative estimate of drug-likeness (QED) is 0.575. The second kappa shape index (κ2) is 8.60. The van der Waals surface area contributed by atoms with Gasteiger partial charge in [-0.05, 0) is 61.0 Å². The van der Waals surface area contributed by atoms with Crippen LogP contribution in [0.25, 0.3) is 6.08 Å². The Morgan fingerprint density at radius 3 is 2.78 bits per heavy atom. The molecule has 2 aromatic carbocycles. The zero-order valence-corrected chi connectivity index (χ0v) is 15.8. The van der Waals surface area contributed by atoms with Crippen LogP contribution in [0.1, 0.15) is 18.1 Å². The fourth-order valence-corrected chi connectivity index (χ4v) is 3.44. The number of nitrogens with zero attached hydrogens (tertiary/aromatic N) is 1. The lowest BCUT2D eigenvalue weighted by Crippen LogP contribution is -2.19. The number of hydrogen-bond acceptors (Lipinski definition) is 5. The molecule has 1 heterocycles. The van der Waals surface area contributed by atoms with E-state index in [1.807, 2.05) is 43.3 Å². The number of allylic oxidation sites excluding steroid dienone is 1. The largest absolute Gasteiger partial charge is 0.504 e. The number of benzene rings is 2. The van der Waals surface area contributed by atoms with E-state index in [9.17, 15) is 9.90 Å². The Hall–Kier alpha value is -2.99. The molecule has 27 heavy (non-hydrogen) atoms. The van der Waals surface area contributed by atoms with Crippen molar-refractivity contribution >= 4 is 34.6 Å². The molecule has 0 spiro atoms. The number of hydrogen-bond donors (Lipinski definition) is 2. The van der Waals surface area contributed by atoms with Gasteiger partial charge in [-0.1, -0.05) is 24.3 Å². The number of phenolic OH excluding ortho intramolecular Hbond substituents is 1. The van der Waals surface area contributed by atoms with Crippen molar-refractivity contribution in [1.82, 2.24) is 5.32 Å². The smallest absolute Gasteiger partial charge is 0.264 e. The standard InChI is InChI=1S/C21H20N2O3S/c1-3-8-15-11-14(12-17(19(15)24)26-4-2)13-18-20(25)23-21(27-18)22-16-9-6-5-7-10-16/h3,5-7,9-13,24H,1,4,8H2,2H3,(H,22,23,25)/b18-13-. The number of aliphatic imine (C=N–C) groups is 1. The number of phenols is 1. The van der Waals surface area contributed by atoms with Crippen molar-refractivity contribution in [2.45, 2.75) is 13.3 Å². The zero-order valence-electron chi connectivity index (χ0n) is 14.9. The lowest BCUT2D eigenvalue weighted by Gasteiger charge is -2.11. The normalized spacial score (nSPS) is 16.6. The summed E-state index contributed by atoms with van der Waals surface area (Å²) in [6.07, 6.45) is 3.98. The van der Waals surface area contributed by atoms with Gasteiger partial charge in [0.1, 0.15) is 0 Å². The van der Waals surface area contributed by atoms with E-state index < -0.39 is 0 Å². The number of amidine groups is 1. The summed E-state index contributed by atoms with van der Waals surface area (Å²) in [5.41, 5.74) is 2.24. The van der Waals surface area contributed by atoms with Crippen molar-refractivity contribution < 1.29 is 14.6 Å². The molecule has 0 saturated carbocycles. The molecular formula is C21H20N2O3S. The highest BCUT2D eigenvalue weighted by atomic mass is 32.2. The van der Waals surface area contributed by atoms with Gasteiger partial charge in [0.05, 0.1) is 17.2 Å². The van der Waals surface area contributed by atoms with E-state index in [-0.39, 0.29) is 11.7 Å². The highest BCUT2D eigenvalue weighted by Crippen LogP contribution is 2.35. The molecule has 2 aromatic rings. The number of carbonyl (C=O) groups is 1. The first kappa shape index (κ1) is 18.8. The summed E-state index contributed by atoms with van der Waals surface area (Å²) in [7, 11) is 0. The number of amides is 1. The fourth-order valence-electron chi connectivity index (χ4n) is 2.60. The molecule has 3 rings (SSSR count). The molecule has 1 aliphatic heterocycles. The first-order chi connectivity index (χ1) is 13.1. The summed E-state index contributed by atoms with van der Waals surface area (Å²) in [4.78, 5) is 17.3. The first-order valence-electron chi connectivity index (χ1n) is 8.55. The van der Waals surface area contributed by atoms with Crippen molar-refractivity contribution in [3.05, 3.63) is 71.2 Å². The van der Waals surface area contributed by atoms with Gasteiger partial charge >= 0.3 is 0 Å². The Morgan fingerprint density at radius 2 is 2.07 bits per heavy atom. The molecule has 0 unspecified atom stereocenters. The summed E-state index contributed by atoms with van der Waals surface area (Å²) in [5.74, 6) is 0.296. The molecule has 1 amide bonds. The number of nitrogens with one attached hydrogen (secondary N) is 1. The number of thioether (sulfide) groups is 1. The molecule has 0 aliphatic carbocycles. The summed E-state index contributed by atoms with van der Waals surface area (Å²) >= 11 is 1.28. The molecule has 1 aliphatic rings. The average molecular weight is 380 g/mol. The predicted molar refractivity (Wildman–Crippen MR) is 110 cm³/mol. The molecule has 2 N–H and O–H groups in total. The Kier molecular flexibility index (Phi) is 5.98. The van der Waals surface area contributed by atoms with Gasteiger partial charge < -0.3 is 15.2 Å². The van der Waals surface area contributed by atoms with Gasteiger partial charge in [-0.15, -0.1) is 6.58 Å². The van der Waals surface area contributed by atoms with Crippen LogP contribution in [0.4, 0.5) is 5.69 Å². The molecule has 1 saturated heterocycles. The molecule has 0 aromatic heterocycles. The van der Waals surface area contributed by atoms with E-state index in [4.69, 9.17) is 4.74 Å². The number of carbonyl (C=O) groups excluding carboxylic acids is 1. The maximum atomic E-state index is 12.3. The van der Waals surface area contributed by atoms with Crippen molar-refractivity contribution in [2.75, 3.05) is 6.61 Å². The minimum atomic E-state index is -0.203. The van der Waals surface area contributed by atoms with Gasteiger partial charge in [0, 0.05) is 5.56 Å². The van der Waals surface area contributed by atoms with Gasteiger partial charge in [0.25, 0.3) is 5.91 Å². The Morgan fingerprint density at radius 1 is 1.30 bits per heavy atom. The summed E-state index contributed by atoms with van der Waals surface area (Å²) in [6, 6.07) is 13.0. The molecule has 0 radical (unpaired) electrons. The van der Waals surface area contributed by atoms with E-state index in [0.717, 1.165) is 11.3 Å². The topological polar surface area (TPSA) is 70.9 Å². The average Bonchev–Trinajstić information content (AvgIpc) is 2.99. The summed E-state index contributed by atoms with van der Waals surface area (Å²) < 4.78 is 5.51. The second-order valence-corrected chi connectivity index (χ2v) is 6.80. The zero-order chi connectivity index (χ0) is 19.2. The predicted octanol–water partition coefficient (Wildman–Crippen LogP) is 4.41. The van der Waals surface area contributed by atoms with Crippen LogP contribution in [0.15, 0.2) is 65.0 Å². The highest BCUT2D eigenvalue weighted by molar-refractivity contribution is 8.18. The number of rotatable bonds is 6. The van der Waals surface area contributed by atoms with Gasteiger partial charge in [-0.2, -0.15) is 0 Å². The van der Waals surface area contributed by atoms with Crippen LogP contribution in [-0.2, 0) is 11.2 Å². The van der Waals surface area contributed by atoms with Gasteiger partial charge in [-0.25, -0.2) is 4.99 Å². The Balaban J connectivity index is 1.90. The van der Waals surface area contributed by atoms with Crippen LogP contribution in [-0.4, -0.2) is 22.8 Å². The summed E-state index contributed by atoms with van der Waals surface area (Å²) in [6.45, 7) is 6.00. The van der Waals surface area contributed by atoms with Crippen LogP contribution in [0, 0.1) is 0 Å². The minimum Gasteiger partial charge on any atom is -0.504 e. The third-order valence-corrected chi connectivity index (χ3v) is 4.69. The number of ether oxygens (including phenoxy) is 1. The Labute approximate surface area is 162 Å². The molecule has 6 heteroatoms. The van der Waals surface area contributed by atoms with E-state index in [2.05, 4.69) is 16.9 Å². The minimum absolute atomic E-state index is 0.105. The van der Waals surface area contributed by atoms with Gasteiger partial charge in [-0.3, -0.25) is 4.79 Å². The first-order valence-corrected chi connectivity index (χ1v) is 9.36. The fraction of sp³-hybridized carbons (Fsp3) is 0.143. The third kappa shape index (κ3) is 4.60. The van der Waals surface area contributed by atoms with Crippen molar-refractivity contribution in [3.63, 3.8) is 0 Å². The molecular weight excluding hydrogens is 360 g/mol. The van der Waals surface area contributed by atoms with E-state index in [1.54, 1.807) is 18.2 Å². The lowest BCUT2D eigenvalue weighted by atomic mass is 10.1.